The molecule has 0 radical (unpaired) electrons. The van der Waals surface area contributed by atoms with Crippen LogP contribution in [0.1, 0.15) is 6.42 Å². The van der Waals surface area contributed by atoms with E-state index in [0.29, 0.717) is 23.9 Å². The number of methoxy groups -OCH3 is 1. The van der Waals surface area contributed by atoms with Crippen LogP contribution in [0.25, 0.3) is 0 Å². The van der Waals surface area contributed by atoms with Crippen LogP contribution < -0.4 is 16.0 Å². The largest absolute Gasteiger partial charge is 0.453 e. The van der Waals surface area contributed by atoms with E-state index in [9.17, 15) is 9.59 Å². The Balaban J connectivity index is 1.75. The number of carbonyl (C=O) groups excluding carboxylic acids is 2. The molecule has 8 heteroatoms. The lowest BCUT2D eigenvalue weighted by Crippen LogP contribution is -2.17. The molecular formula is C15H17N5O3. The number of nitrogens with one attached hydrogen (secondary N) is 3. The first-order valence-electron chi connectivity index (χ1n) is 6.93. The van der Waals surface area contributed by atoms with Crippen molar-refractivity contribution < 1.29 is 14.3 Å². The van der Waals surface area contributed by atoms with Crippen LogP contribution in [0.2, 0.25) is 0 Å². The number of nitrogens with zero attached hydrogens (tertiary/aromatic N) is 2. The number of anilines is 3. The summed E-state index contributed by atoms with van der Waals surface area (Å²) in [7, 11) is 1.29. The van der Waals surface area contributed by atoms with E-state index in [1.165, 1.54) is 7.11 Å². The maximum atomic E-state index is 11.8. The van der Waals surface area contributed by atoms with E-state index in [1.807, 2.05) is 0 Å². The molecule has 0 saturated carbocycles. The summed E-state index contributed by atoms with van der Waals surface area (Å²) in [6.07, 6.45) is 2.98. The molecule has 8 nitrogen and oxygen atoms in total. The molecule has 0 aliphatic heterocycles. The first kappa shape index (κ1) is 16.2. The van der Waals surface area contributed by atoms with E-state index in [0.717, 1.165) is 0 Å². The molecule has 0 saturated heterocycles. The Hall–Kier alpha value is -3.16. The van der Waals surface area contributed by atoms with E-state index < -0.39 is 6.09 Å². The average Bonchev–Trinajstić information content (AvgIpc) is 2.57. The molecule has 0 fully saturated rings. The maximum Gasteiger partial charge on any atom is 0.411 e. The summed E-state index contributed by atoms with van der Waals surface area (Å²) in [6.45, 7) is 0.428. The number of hydrogen-bond donors (Lipinski definition) is 3. The van der Waals surface area contributed by atoms with Gasteiger partial charge in [0.15, 0.2) is 0 Å². The second-order valence-corrected chi connectivity index (χ2v) is 4.49. The van der Waals surface area contributed by atoms with Gasteiger partial charge in [-0.3, -0.25) is 10.1 Å². The maximum absolute atomic E-state index is 11.8. The summed E-state index contributed by atoms with van der Waals surface area (Å²) in [5.74, 6) is 0.348. The van der Waals surface area contributed by atoms with Gasteiger partial charge in [0, 0.05) is 36.7 Å². The highest BCUT2D eigenvalue weighted by Gasteiger charge is 2.04. The fourth-order valence-electron chi connectivity index (χ4n) is 1.71. The van der Waals surface area contributed by atoms with Crippen molar-refractivity contribution in [3.63, 3.8) is 0 Å². The van der Waals surface area contributed by atoms with Gasteiger partial charge in [-0.15, -0.1) is 0 Å². The van der Waals surface area contributed by atoms with E-state index in [-0.39, 0.29) is 12.3 Å². The average molecular weight is 315 g/mol. The summed E-state index contributed by atoms with van der Waals surface area (Å²) in [4.78, 5) is 30.9. The zero-order valence-electron chi connectivity index (χ0n) is 12.6. The number of rotatable bonds is 6. The minimum Gasteiger partial charge on any atom is -0.453 e. The van der Waals surface area contributed by atoms with Crippen molar-refractivity contribution in [1.82, 2.24) is 9.97 Å². The molecule has 2 amide bonds. The Bertz CT molecular complexity index is 646. The summed E-state index contributed by atoms with van der Waals surface area (Å²) in [5.41, 5.74) is 1.22. The molecule has 0 atom stereocenters. The minimum atomic E-state index is -0.545. The first-order valence-corrected chi connectivity index (χ1v) is 6.93. The molecule has 2 rings (SSSR count). The topological polar surface area (TPSA) is 105 Å². The van der Waals surface area contributed by atoms with Crippen LogP contribution in [0.3, 0.4) is 0 Å². The highest BCUT2D eigenvalue weighted by molar-refractivity contribution is 5.91. The van der Waals surface area contributed by atoms with Crippen LogP contribution in [-0.2, 0) is 9.53 Å². The Labute approximate surface area is 133 Å². The highest BCUT2D eigenvalue weighted by atomic mass is 16.5. The number of carbonyl (C=O) groups is 2. The predicted molar refractivity (Wildman–Crippen MR) is 86.2 cm³/mol. The van der Waals surface area contributed by atoms with E-state index >= 15 is 0 Å². The Kier molecular flexibility index (Phi) is 5.87. The van der Waals surface area contributed by atoms with Gasteiger partial charge in [0.1, 0.15) is 0 Å². The second-order valence-electron chi connectivity index (χ2n) is 4.49. The van der Waals surface area contributed by atoms with Crippen LogP contribution in [0.4, 0.5) is 22.1 Å². The molecular weight excluding hydrogens is 298 g/mol. The summed E-state index contributed by atoms with van der Waals surface area (Å²) in [5, 5.41) is 8.24. The predicted octanol–water partition coefficient (Wildman–Crippen LogP) is 2.10. The zero-order valence-corrected chi connectivity index (χ0v) is 12.6. The number of hydrogen-bond acceptors (Lipinski definition) is 6. The lowest BCUT2D eigenvalue weighted by atomic mass is 10.2. The smallest absolute Gasteiger partial charge is 0.411 e. The number of benzene rings is 1. The van der Waals surface area contributed by atoms with Gasteiger partial charge in [0.2, 0.25) is 11.9 Å². The van der Waals surface area contributed by atoms with Gasteiger partial charge in [0.25, 0.3) is 0 Å². The van der Waals surface area contributed by atoms with Gasteiger partial charge in [-0.1, -0.05) is 0 Å². The van der Waals surface area contributed by atoms with Gasteiger partial charge in [-0.25, -0.2) is 14.8 Å². The quantitative estimate of drug-likeness (QED) is 0.754. The molecule has 120 valence electrons. The molecule has 0 spiro atoms. The first-order chi connectivity index (χ1) is 11.2. The summed E-state index contributed by atoms with van der Waals surface area (Å²) < 4.78 is 4.49. The molecule has 2 aromatic rings. The Morgan fingerprint density at radius 3 is 2.26 bits per heavy atom. The molecule has 1 aromatic heterocycles. The van der Waals surface area contributed by atoms with Crippen LogP contribution >= 0.6 is 0 Å². The summed E-state index contributed by atoms with van der Waals surface area (Å²) >= 11 is 0. The third kappa shape index (κ3) is 5.62. The third-order valence-electron chi connectivity index (χ3n) is 2.80. The summed E-state index contributed by atoms with van der Waals surface area (Å²) in [6, 6.07) is 8.44. The standard InChI is InChI=1S/C15H17N5O3/c1-23-15(22)20-12-5-3-11(4-6-12)19-13(21)7-10-18-14-16-8-2-9-17-14/h2-6,8-9H,7,10H2,1H3,(H,19,21)(H,20,22)(H,16,17,18). The lowest BCUT2D eigenvalue weighted by Gasteiger charge is -2.08. The van der Waals surface area contributed by atoms with Gasteiger partial charge >= 0.3 is 6.09 Å². The van der Waals surface area contributed by atoms with Crippen LogP contribution in [-0.4, -0.2) is 35.6 Å². The molecule has 23 heavy (non-hydrogen) atoms. The number of amides is 2. The molecule has 3 N–H and O–H groups in total. The SMILES string of the molecule is COC(=O)Nc1ccc(NC(=O)CCNc2ncccn2)cc1. The van der Waals surface area contributed by atoms with Crippen molar-refractivity contribution >= 4 is 29.3 Å². The normalized spacial score (nSPS) is 9.78. The molecule has 0 aliphatic rings. The van der Waals surface area contributed by atoms with E-state index in [4.69, 9.17) is 0 Å². The van der Waals surface area contributed by atoms with Gasteiger partial charge in [0.05, 0.1) is 7.11 Å². The molecule has 0 unspecified atom stereocenters. The monoisotopic (exact) mass is 315 g/mol. The Morgan fingerprint density at radius 1 is 1.04 bits per heavy atom. The fourth-order valence-corrected chi connectivity index (χ4v) is 1.71. The van der Waals surface area contributed by atoms with Gasteiger partial charge in [-0.05, 0) is 30.3 Å². The van der Waals surface area contributed by atoms with Crippen molar-refractivity contribution in [2.75, 3.05) is 29.6 Å². The van der Waals surface area contributed by atoms with Crippen LogP contribution in [0, 0.1) is 0 Å². The van der Waals surface area contributed by atoms with E-state index in [2.05, 4.69) is 30.7 Å². The Morgan fingerprint density at radius 2 is 1.65 bits per heavy atom. The molecule has 1 aromatic carbocycles. The van der Waals surface area contributed by atoms with Gasteiger partial charge < -0.3 is 15.4 Å². The third-order valence-corrected chi connectivity index (χ3v) is 2.80. The van der Waals surface area contributed by atoms with Crippen molar-refractivity contribution in [3.05, 3.63) is 42.7 Å². The van der Waals surface area contributed by atoms with Crippen LogP contribution in [0.5, 0.6) is 0 Å². The molecule has 0 aliphatic carbocycles. The van der Waals surface area contributed by atoms with E-state index in [1.54, 1.807) is 42.7 Å². The number of ether oxygens (including phenoxy) is 1. The van der Waals surface area contributed by atoms with Crippen molar-refractivity contribution in [3.8, 4) is 0 Å². The van der Waals surface area contributed by atoms with Crippen molar-refractivity contribution in [1.29, 1.82) is 0 Å². The highest BCUT2D eigenvalue weighted by Crippen LogP contribution is 2.14. The fraction of sp³-hybridized carbons (Fsp3) is 0.200. The molecule has 1 heterocycles. The number of aromatic nitrogens is 2. The van der Waals surface area contributed by atoms with Crippen molar-refractivity contribution in [2.45, 2.75) is 6.42 Å². The lowest BCUT2D eigenvalue weighted by molar-refractivity contribution is -0.115. The minimum absolute atomic E-state index is 0.137. The van der Waals surface area contributed by atoms with Crippen LogP contribution in [0.15, 0.2) is 42.7 Å². The second kappa shape index (κ2) is 8.32. The molecule has 0 bridgehead atoms. The zero-order chi connectivity index (χ0) is 16.5. The van der Waals surface area contributed by atoms with Crippen molar-refractivity contribution in [2.24, 2.45) is 0 Å². The van der Waals surface area contributed by atoms with Gasteiger partial charge in [-0.2, -0.15) is 0 Å².